The van der Waals surface area contributed by atoms with E-state index in [-0.39, 0.29) is 31.6 Å². The highest BCUT2D eigenvalue weighted by atomic mass is 16.6. The van der Waals surface area contributed by atoms with Gasteiger partial charge in [-0.3, -0.25) is 14.4 Å². The quantitative estimate of drug-likeness (QED) is 0.0267. The lowest BCUT2D eigenvalue weighted by atomic mass is 10.1. The molecule has 322 valence electrons. The SMILES string of the molecule is CC/C=C\C/C=C\C/C=C\C/C=C\C/C=C\CC(=O)OC(COC(=O)CCCCCCCCC)COC(=O)CCCCCCCCC/C=C\C/C=C\C/C=C\CC. The van der Waals surface area contributed by atoms with E-state index in [4.69, 9.17) is 14.2 Å². The second-order valence-electron chi connectivity index (χ2n) is 14.6. The van der Waals surface area contributed by atoms with Crippen molar-refractivity contribution in [1.82, 2.24) is 0 Å². The summed E-state index contributed by atoms with van der Waals surface area (Å²) in [5.41, 5.74) is 0. The fourth-order valence-corrected chi connectivity index (χ4v) is 5.76. The molecule has 0 heterocycles. The van der Waals surface area contributed by atoms with E-state index in [2.05, 4.69) is 106 Å². The molecule has 0 N–H and O–H groups in total. The third-order valence-electron chi connectivity index (χ3n) is 9.12. The topological polar surface area (TPSA) is 78.9 Å². The number of unbranched alkanes of at least 4 members (excludes halogenated alkanes) is 13. The number of allylic oxidation sites excluding steroid dienone is 15. The van der Waals surface area contributed by atoms with Gasteiger partial charge in [-0.1, -0.05) is 189 Å². The van der Waals surface area contributed by atoms with Crippen molar-refractivity contribution >= 4 is 17.9 Å². The fraction of sp³-hybridized carbons (Fsp3) is 0.627. The van der Waals surface area contributed by atoms with Gasteiger partial charge in [-0.25, -0.2) is 0 Å². The minimum atomic E-state index is -0.832. The van der Waals surface area contributed by atoms with E-state index in [1.54, 1.807) is 6.08 Å². The van der Waals surface area contributed by atoms with Gasteiger partial charge in [-0.15, -0.1) is 0 Å². The first-order chi connectivity index (χ1) is 28.0. The largest absolute Gasteiger partial charge is 0.462 e. The Balaban J connectivity index is 4.46. The van der Waals surface area contributed by atoms with E-state index in [1.807, 2.05) is 6.08 Å². The number of rotatable bonds is 39. The number of esters is 3. The zero-order valence-electron chi connectivity index (χ0n) is 36.6. The van der Waals surface area contributed by atoms with Crippen LogP contribution in [0.4, 0.5) is 0 Å². The zero-order chi connectivity index (χ0) is 41.5. The summed E-state index contributed by atoms with van der Waals surface area (Å²) in [7, 11) is 0. The van der Waals surface area contributed by atoms with Gasteiger partial charge < -0.3 is 14.2 Å². The van der Waals surface area contributed by atoms with Gasteiger partial charge in [0.2, 0.25) is 0 Å². The van der Waals surface area contributed by atoms with Gasteiger partial charge in [0.25, 0.3) is 0 Å². The molecular formula is C51H82O6. The summed E-state index contributed by atoms with van der Waals surface area (Å²) in [5, 5.41) is 0. The van der Waals surface area contributed by atoms with E-state index in [9.17, 15) is 14.4 Å². The van der Waals surface area contributed by atoms with Crippen LogP contribution in [-0.4, -0.2) is 37.2 Å². The second kappa shape index (κ2) is 45.0. The van der Waals surface area contributed by atoms with Crippen molar-refractivity contribution in [1.29, 1.82) is 0 Å². The molecule has 0 aromatic rings. The predicted molar refractivity (Wildman–Crippen MR) is 242 cm³/mol. The molecule has 57 heavy (non-hydrogen) atoms. The Labute approximate surface area is 349 Å². The molecule has 6 nitrogen and oxygen atoms in total. The van der Waals surface area contributed by atoms with Crippen LogP contribution in [0.3, 0.4) is 0 Å². The molecule has 0 aromatic heterocycles. The molecule has 6 heteroatoms. The Morgan fingerprint density at radius 3 is 1.16 bits per heavy atom. The Morgan fingerprint density at radius 2 is 0.737 bits per heavy atom. The number of carbonyl (C=O) groups excluding carboxylic acids is 3. The molecular weight excluding hydrogens is 709 g/mol. The smallest absolute Gasteiger partial charge is 0.310 e. The average molecular weight is 791 g/mol. The lowest BCUT2D eigenvalue weighted by Crippen LogP contribution is -2.30. The number of hydrogen-bond donors (Lipinski definition) is 0. The number of hydrogen-bond acceptors (Lipinski definition) is 6. The molecule has 0 aliphatic rings. The lowest BCUT2D eigenvalue weighted by molar-refractivity contribution is -0.166. The molecule has 0 aromatic carbocycles. The van der Waals surface area contributed by atoms with Crippen LogP contribution >= 0.6 is 0 Å². The first-order valence-corrected chi connectivity index (χ1v) is 22.7. The van der Waals surface area contributed by atoms with Crippen molar-refractivity contribution in [2.45, 2.75) is 194 Å². The van der Waals surface area contributed by atoms with Crippen LogP contribution in [0.25, 0.3) is 0 Å². The molecule has 0 saturated heterocycles. The van der Waals surface area contributed by atoms with Gasteiger partial charge in [-0.05, 0) is 77.0 Å². The fourth-order valence-electron chi connectivity index (χ4n) is 5.76. The van der Waals surface area contributed by atoms with Crippen LogP contribution in [0.15, 0.2) is 97.2 Å². The summed E-state index contributed by atoms with van der Waals surface area (Å²) in [6.45, 7) is 6.25. The van der Waals surface area contributed by atoms with Gasteiger partial charge in [-0.2, -0.15) is 0 Å². The summed E-state index contributed by atoms with van der Waals surface area (Å²) in [5.74, 6) is -1.08. The van der Waals surface area contributed by atoms with Gasteiger partial charge in [0.15, 0.2) is 6.10 Å². The summed E-state index contributed by atoms with van der Waals surface area (Å²) >= 11 is 0. The molecule has 0 aliphatic heterocycles. The second-order valence-corrected chi connectivity index (χ2v) is 14.6. The molecule has 0 spiro atoms. The lowest BCUT2D eigenvalue weighted by Gasteiger charge is -2.18. The molecule has 0 bridgehead atoms. The Hall–Kier alpha value is -3.67. The maximum atomic E-state index is 12.6. The van der Waals surface area contributed by atoms with Crippen molar-refractivity contribution in [2.24, 2.45) is 0 Å². The van der Waals surface area contributed by atoms with E-state index in [0.717, 1.165) is 96.3 Å². The normalized spacial score (nSPS) is 13.0. The van der Waals surface area contributed by atoms with Gasteiger partial charge >= 0.3 is 17.9 Å². The predicted octanol–water partition coefficient (Wildman–Crippen LogP) is 14.6. The first kappa shape index (κ1) is 53.3. The van der Waals surface area contributed by atoms with Crippen LogP contribution in [0.1, 0.15) is 188 Å². The van der Waals surface area contributed by atoms with Crippen molar-refractivity contribution in [3.05, 3.63) is 97.2 Å². The summed E-state index contributed by atoms with van der Waals surface area (Å²) in [6.07, 6.45) is 58.5. The van der Waals surface area contributed by atoms with Crippen LogP contribution in [0, 0.1) is 0 Å². The van der Waals surface area contributed by atoms with Gasteiger partial charge in [0.1, 0.15) is 13.2 Å². The van der Waals surface area contributed by atoms with Crippen LogP contribution in [0.5, 0.6) is 0 Å². The Kier molecular flexibility index (Phi) is 42.1. The minimum absolute atomic E-state index is 0.0929. The molecule has 0 saturated carbocycles. The summed E-state index contributed by atoms with van der Waals surface area (Å²) in [6, 6.07) is 0. The number of carbonyl (C=O) groups is 3. The third-order valence-corrected chi connectivity index (χ3v) is 9.12. The minimum Gasteiger partial charge on any atom is -0.462 e. The van der Waals surface area contributed by atoms with Crippen LogP contribution in [-0.2, 0) is 28.6 Å². The zero-order valence-corrected chi connectivity index (χ0v) is 36.6. The van der Waals surface area contributed by atoms with Gasteiger partial charge in [0.05, 0.1) is 6.42 Å². The standard InChI is InChI=1S/C51H82O6/c1-4-7-10-13-16-18-20-22-24-25-27-28-30-32-35-38-41-44-50(53)56-47-48(46-55-49(52)43-40-37-34-15-12-9-6-3)57-51(54)45-42-39-36-33-31-29-26-23-21-19-17-14-11-8-5-2/h7-8,10-11,16-19,22-24,26,31,33,39,42,48H,4-6,9,12-15,20-21,25,27-30,32,34-38,40-41,43-47H2,1-3H3/b10-7-,11-8-,18-16-,19-17-,24-22-,26-23-,33-31-,42-39-. The first-order valence-electron chi connectivity index (χ1n) is 22.7. The van der Waals surface area contributed by atoms with E-state index < -0.39 is 12.1 Å². The molecule has 0 aliphatic carbocycles. The van der Waals surface area contributed by atoms with Crippen molar-refractivity contribution in [2.75, 3.05) is 13.2 Å². The molecule has 1 unspecified atom stereocenters. The highest BCUT2D eigenvalue weighted by Gasteiger charge is 2.19. The molecule has 0 fully saturated rings. The van der Waals surface area contributed by atoms with E-state index >= 15 is 0 Å². The van der Waals surface area contributed by atoms with E-state index in [1.165, 1.54) is 51.4 Å². The summed E-state index contributed by atoms with van der Waals surface area (Å²) in [4.78, 5) is 37.6. The number of ether oxygens (including phenoxy) is 3. The maximum Gasteiger partial charge on any atom is 0.310 e. The van der Waals surface area contributed by atoms with Crippen LogP contribution in [0.2, 0.25) is 0 Å². The molecule has 0 amide bonds. The van der Waals surface area contributed by atoms with Crippen molar-refractivity contribution < 1.29 is 28.6 Å². The average Bonchev–Trinajstić information content (AvgIpc) is 3.21. The Bertz CT molecular complexity index is 1180. The summed E-state index contributed by atoms with van der Waals surface area (Å²) < 4.78 is 16.5. The van der Waals surface area contributed by atoms with Gasteiger partial charge in [0, 0.05) is 12.8 Å². The van der Waals surface area contributed by atoms with Crippen molar-refractivity contribution in [3.8, 4) is 0 Å². The highest BCUT2D eigenvalue weighted by Crippen LogP contribution is 2.12. The molecule has 0 radical (unpaired) electrons. The van der Waals surface area contributed by atoms with E-state index in [0.29, 0.717) is 12.8 Å². The molecule has 0 rings (SSSR count). The van der Waals surface area contributed by atoms with Crippen LogP contribution < -0.4 is 0 Å². The molecule has 1 atom stereocenters. The Morgan fingerprint density at radius 1 is 0.386 bits per heavy atom. The maximum absolute atomic E-state index is 12.6. The highest BCUT2D eigenvalue weighted by molar-refractivity contribution is 5.72. The monoisotopic (exact) mass is 791 g/mol. The third kappa shape index (κ3) is 43.3. The van der Waals surface area contributed by atoms with Crippen molar-refractivity contribution in [3.63, 3.8) is 0 Å².